The first-order chi connectivity index (χ1) is 11.1. The van der Waals surface area contributed by atoms with Gasteiger partial charge in [-0.15, -0.1) is 24.0 Å². The highest BCUT2D eigenvalue weighted by molar-refractivity contribution is 14.0. The third kappa shape index (κ3) is 8.51. The Morgan fingerprint density at radius 3 is 2.46 bits per heavy atom. The highest BCUT2D eigenvalue weighted by Gasteiger charge is 2.12. The fourth-order valence-electron chi connectivity index (χ4n) is 2.22. The number of rotatable bonds is 9. The summed E-state index contributed by atoms with van der Waals surface area (Å²) in [6.07, 6.45) is 2.11. The average Bonchev–Trinajstić information content (AvgIpc) is 2.99. The number of hydrogen-bond donors (Lipinski definition) is 3. The first-order valence-corrected chi connectivity index (χ1v) is 8.32. The normalized spacial score (nSPS) is 11.1. The van der Waals surface area contributed by atoms with E-state index in [0.29, 0.717) is 31.5 Å². The summed E-state index contributed by atoms with van der Waals surface area (Å²) in [4.78, 5) is 15.3. The smallest absolute Gasteiger partial charge is 0.216 e. The van der Waals surface area contributed by atoms with Crippen molar-refractivity contribution in [1.29, 1.82) is 0 Å². The molecule has 0 aromatic carbocycles. The van der Waals surface area contributed by atoms with Gasteiger partial charge < -0.3 is 20.5 Å². The molecule has 0 bridgehead atoms. The third-order valence-corrected chi connectivity index (χ3v) is 3.51. The maximum atomic E-state index is 10.8. The van der Waals surface area contributed by atoms with Crippen LogP contribution in [0.15, 0.2) is 15.6 Å². The van der Waals surface area contributed by atoms with Gasteiger partial charge in [0.25, 0.3) is 0 Å². The van der Waals surface area contributed by atoms with Crippen LogP contribution in [0.3, 0.4) is 0 Å². The summed E-state index contributed by atoms with van der Waals surface area (Å²) in [5.41, 5.74) is 1.00. The van der Waals surface area contributed by atoms with Gasteiger partial charge in [-0.1, -0.05) is 19.0 Å². The van der Waals surface area contributed by atoms with Crippen molar-refractivity contribution in [2.24, 2.45) is 4.99 Å². The number of aromatic nitrogens is 1. The molecule has 0 aliphatic carbocycles. The summed E-state index contributed by atoms with van der Waals surface area (Å²) in [6, 6.07) is 1.99. The molecule has 0 spiro atoms. The van der Waals surface area contributed by atoms with Gasteiger partial charge in [-0.2, -0.15) is 0 Å². The number of aliphatic imine (C=N–C) groups is 1. The predicted molar refractivity (Wildman–Crippen MR) is 107 cm³/mol. The van der Waals surface area contributed by atoms with Crippen LogP contribution >= 0.6 is 24.0 Å². The van der Waals surface area contributed by atoms with E-state index in [1.54, 1.807) is 0 Å². The topological polar surface area (TPSA) is 91.6 Å². The summed E-state index contributed by atoms with van der Waals surface area (Å²) in [5.74, 6) is 1.86. The Hall–Kier alpha value is -1.32. The summed E-state index contributed by atoms with van der Waals surface area (Å²) in [7, 11) is 0. The van der Waals surface area contributed by atoms with Crippen molar-refractivity contribution in [3.8, 4) is 0 Å². The number of guanidine groups is 1. The van der Waals surface area contributed by atoms with Gasteiger partial charge in [0.15, 0.2) is 11.7 Å². The summed E-state index contributed by atoms with van der Waals surface area (Å²) < 4.78 is 5.37. The van der Waals surface area contributed by atoms with Crippen LogP contribution in [0.2, 0.25) is 0 Å². The first kappa shape index (κ1) is 22.7. The number of amides is 1. The van der Waals surface area contributed by atoms with Crippen LogP contribution in [0.4, 0.5) is 0 Å². The molecule has 7 nitrogen and oxygen atoms in total. The summed E-state index contributed by atoms with van der Waals surface area (Å²) in [5, 5.41) is 13.2. The molecule has 1 heterocycles. The molecule has 0 saturated carbocycles. The zero-order valence-electron chi connectivity index (χ0n) is 15.0. The lowest BCUT2D eigenvalue weighted by Gasteiger charge is -2.10. The van der Waals surface area contributed by atoms with Crippen molar-refractivity contribution < 1.29 is 9.32 Å². The van der Waals surface area contributed by atoms with Crippen molar-refractivity contribution in [2.45, 2.75) is 53.0 Å². The maximum absolute atomic E-state index is 10.8. The van der Waals surface area contributed by atoms with Gasteiger partial charge in [-0.3, -0.25) is 4.79 Å². The molecule has 24 heavy (non-hydrogen) atoms. The quantitative estimate of drug-likeness (QED) is 0.232. The minimum absolute atomic E-state index is 0. The second-order valence-corrected chi connectivity index (χ2v) is 5.34. The van der Waals surface area contributed by atoms with Gasteiger partial charge in [-0.05, 0) is 19.8 Å². The van der Waals surface area contributed by atoms with E-state index < -0.39 is 0 Å². The Balaban J connectivity index is 0.00000529. The first-order valence-electron chi connectivity index (χ1n) is 8.32. The monoisotopic (exact) mass is 451 g/mol. The average molecular weight is 451 g/mol. The molecule has 0 aliphatic heterocycles. The van der Waals surface area contributed by atoms with Gasteiger partial charge >= 0.3 is 0 Å². The van der Waals surface area contributed by atoms with Gasteiger partial charge in [0.05, 0.1) is 5.69 Å². The Bertz CT molecular complexity index is 500. The van der Waals surface area contributed by atoms with E-state index in [1.807, 2.05) is 13.0 Å². The van der Waals surface area contributed by atoms with Gasteiger partial charge in [0.2, 0.25) is 5.91 Å². The Morgan fingerprint density at radius 1 is 1.21 bits per heavy atom. The molecular weight excluding hydrogens is 421 g/mol. The molecule has 1 aromatic rings. The second-order valence-electron chi connectivity index (χ2n) is 5.34. The van der Waals surface area contributed by atoms with Crippen molar-refractivity contribution in [2.75, 3.05) is 19.6 Å². The lowest BCUT2D eigenvalue weighted by Crippen LogP contribution is -2.41. The van der Waals surface area contributed by atoms with Crippen molar-refractivity contribution in [3.63, 3.8) is 0 Å². The van der Waals surface area contributed by atoms with Crippen LogP contribution in [-0.2, 0) is 11.3 Å². The highest BCUT2D eigenvalue weighted by atomic mass is 127. The molecule has 0 fully saturated rings. The molecule has 1 aromatic heterocycles. The van der Waals surface area contributed by atoms with Gasteiger partial charge in [0, 0.05) is 38.5 Å². The number of halogens is 1. The molecule has 0 aliphatic rings. The van der Waals surface area contributed by atoms with Gasteiger partial charge in [-0.25, -0.2) is 4.99 Å². The van der Waals surface area contributed by atoms with Crippen LogP contribution in [0.5, 0.6) is 0 Å². The van der Waals surface area contributed by atoms with Crippen LogP contribution in [0.1, 0.15) is 57.9 Å². The number of carbonyl (C=O) groups excluding carboxylic acids is 1. The van der Waals surface area contributed by atoms with Gasteiger partial charge in [0.1, 0.15) is 6.54 Å². The van der Waals surface area contributed by atoms with Crippen LogP contribution in [0, 0.1) is 0 Å². The molecule has 3 N–H and O–H groups in total. The van der Waals surface area contributed by atoms with E-state index in [-0.39, 0.29) is 29.9 Å². The summed E-state index contributed by atoms with van der Waals surface area (Å²) >= 11 is 0. The molecule has 0 unspecified atom stereocenters. The molecule has 0 radical (unpaired) electrons. The number of hydrogen-bond acceptors (Lipinski definition) is 4. The fourth-order valence-corrected chi connectivity index (χ4v) is 2.22. The van der Waals surface area contributed by atoms with E-state index in [1.165, 1.54) is 6.92 Å². The molecule has 138 valence electrons. The van der Waals surface area contributed by atoms with Crippen molar-refractivity contribution in [1.82, 2.24) is 21.1 Å². The Labute approximate surface area is 161 Å². The number of nitrogens with one attached hydrogen (secondary N) is 3. The van der Waals surface area contributed by atoms with E-state index in [4.69, 9.17) is 4.52 Å². The van der Waals surface area contributed by atoms with E-state index >= 15 is 0 Å². The van der Waals surface area contributed by atoms with Crippen LogP contribution in [0.25, 0.3) is 0 Å². The number of nitrogens with zero attached hydrogens (tertiary/aromatic N) is 2. The van der Waals surface area contributed by atoms with E-state index in [2.05, 4.69) is 39.9 Å². The largest absolute Gasteiger partial charge is 0.359 e. The molecule has 0 atom stereocenters. The van der Waals surface area contributed by atoms with E-state index in [9.17, 15) is 4.79 Å². The predicted octanol–water partition coefficient (Wildman–Crippen LogP) is 2.39. The summed E-state index contributed by atoms with van der Waals surface area (Å²) in [6.45, 7) is 10.2. The second kappa shape index (κ2) is 13.0. The molecule has 1 rings (SSSR count). The number of carbonyl (C=O) groups is 1. The highest BCUT2D eigenvalue weighted by Crippen LogP contribution is 2.22. The zero-order chi connectivity index (χ0) is 17.1. The molecule has 8 heteroatoms. The SMILES string of the molecule is CCNC(=NCc1cc(C(CC)CC)no1)NCCNC(C)=O.I. The standard InChI is InChI=1S/C16H29N5O2.HI/c1-5-13(6-2)15-10-14(23-21-15)11-20-16(17-7-3)19-9-8-18-12(4)22;/h10,13H,5-9,11H2,1-4H3,(H,18,22)(H2,17,19,20);1H. The fraction of sp³-hybridized carbons (Fsp3) is 0.688. The van der Waals surface area contributed by atoms with Crippen LogP contribution < -0.4 is 16.0 Å². The lowest BCUT2D eigenvalue weighted by molar-refractivity contribution is -0.118. The Morgan fingerprint density at radius 2 is 1.88 bits per heavy atom. The maximum Gasteiger partial charge on any atom is 0.216 e. The Kier molecular flexibility index (Phi) is 12.3. The molecule has 0 saturated heterocycles. The molecule has 1 amide bonds. The minimum Gasteiger partial charge on any atom is -0.359 e. The van der Waals surface area contributed by atoms with Crippen molar-refractivity contribution >= 4 is 35.8 Å². The van der Waals surface area contributed by atoms with Crippen molar-refractivity contribution in [3.05, 3.63) is 17.5 Å². The lowest BCUT2D eigenvalue weighted by atomic mass is 9.99. The third-order valence-electron chi connectivity index (χ3n) is 3.51. The molecular formula is C16H30IN5O2. The zero-order valence-corrected chi connectivity index (χ0v) is 17.3. The minimum atomic E-state index is -0.0377. The van der Waals surface area contributed by atoms with Crippen LogP contribution in [-0.4, -0.2) is 36.7 Å². The van der Waals surface area contributed by atoms with E-state index in [0.717, 1.165) is 30.8 Å².